The number of benzene rings is 1. The number of amides is 1. The van der Waals surface area contributed by atoms with Gasteiger partial charge in [0.2, 0.25) is 0 Å². The molecule has 2 rings (SSSR count). The number of nitro groups is 1. The molecule has 0 radical (unpaired) electrons. The van der Waals surface area contributed by atoms with Crippen molar-refractivity contribution in [2.24, 2.45) is 0 Å². The number of carbonyl (C=O) groups excluding carboxylic acids is 1. The highest BCUT2D eigenvalue weighted by Gasteiger charge is 2.16. The van der Waals surface area contributed by atoms with Crippen LogP contribution in [0.2, 0.25) is 0 Å². The summed E-state index contributed by atoms with van der Waals surface area (Å²) in [6.45, 7) is 1.88. The van der Waals surface area contributed by atoms with Gasteiger partial charge in [0.05, 0.1) is 23.8 Å². The van der Waals surface area contributed by atoms with Crippen molar-refractivity contribution in [3.8, 4) is 11.8 Å². The van der Waals surface area contributed by atoms with Crippen molar-refractivity contribution in [2.75, 3.05) is 12.4 Å². The lowest BCUT2D eigenvalue weighted by Crippen LogP contribution is -2.14. The number of hydrogen-bond acceptors (Lipinski definition) is 6. The predicted octanol–water partition coefficient (Wildman–Crippen LogP) is 3.52. The topological polar surface area (TPSA) is 105 Å². The van der Waals surface area contributed by atoms with E-state index < -0.39 is 10.8 Å². The van der Waals surface area contributed by atoms with Gasteiger partial charge in [-0.3, -0.25) is 14.9 Å². The first-order valence-corrected chi connectivity index (χ1v) is 7.64. The Morgan fingerprint density at radius 1 is 1.46 bits per heavy atom. The first kappa shape index (κ1) is 17.2. The van der Waals surface area contributed by atoms with Crippen LogP contribution >= 0.6 is 11.3 Å². The van der Waals surface area contributed by atoms with Gasteiger partial charge in [-0.2, -0.15) is 5.26 Å². The predicted molar refractivity (Wildman–Crippen MR) is 90.9 cm³/mol. The van der Waals surface area contributed by atoms with Crippen molar-refractivity contribution in [2.45, 2.75) is 6.92 Å². The molecule has 1 amide bonds. The minimum Gasteiger partial charge on any atom is -0.494 e. The zero-order valence-corrected chi connectivity index (χ0v) is 13.7. The fourth-order valence-corrected chi connectivity index (χ4v) is 2.76. The number of rotatable bonds is 5. The molecule has 0 saturated heterocycles. The molecule has 1 aromatic heterocycles. The smallest absolute Gasteiger partial charge is 0.273 e. The molecule has 0 spiro atoms. The number of aryl methyl sites for hydroxylation is 1. The van der Waals surface area contributed by atoms with Crippen molar-refractivity contribution in [3.63, 3.8) is 0 Å². The van der Waals surface area contributed by atoms with E-state index in [0.29, 0.717) is 0 Å². The van der Waals surface area contributed by atoms with Gasteiger partial charge in [0.25, 0.3) is 11.6 Å². The normalized spacial score (nSPS) is 10.8. The summed E-state index contributed by atoms with van der Waals surface area (Å²) in [7, 11) is 1.34. The zero-order valence-electron chi connectivity index (χ0n) is 12.9. The number of carbonyl (C=O) groups is 1. The number of nitro benzene ring substituents is 1. The van der Waals surface area contributed by atoms with Gasteiger partial charge in [-0.15, -0.1) is 11.3 Å². The number of anilines is 1. The van der Waals surface area contributed by atoms with E-state index in [-0.39, 0.29) is 22.7 Å². The van der Waals surface area contributed by atoms with Gasteiger partial charge in [0, 0.05) is 10.9 Å². The lowest BCUT2D eigenvalue weighted by Gasteiger charge is -2.09. The quantitative estimate of drug-likeness (QED) is 0.387. The van der Waals surface area contributed by atoms with Crippen LogP contribution in [0.3, 0.4) is 0 Å². The number of nitriles is 1. The number of hydrogen-bond donors (Lipinski definition) is 1. The summed E-state index contributed by atoms with van der Waals surface area (Å²) in [4.78, 5) is 23.3. The van der Waals surface area contributed by atoms with Crippen LogP contribution in [0.15, 0.2) is 35.2 Å². The maximum Gasteiger partial charge on any atom is 0.273 e. The van der Waals surface area contributed by atoms with Crippen LogP contribution in [0.5, 0.6) is 5.75 Å². The van der Waals surface area contributed by atoms with Crippen LogP contribution < -0.4 is 10.1 Å². The summed E-state index contributed by atoms with van der Waals surface area (Å²) in [6.07, 6.45) is 1.51. The summed E-state index contributed by atoms with van der Waals surface area (Å²) in [5, 5.41) is 24.4. The molecule has 0 unspecified atom stereocenters. The van der Waals surface area contributed by atoms with Crippen LogP contribution in [-0.4, -0.2) is 17.9 Å². The molecule has 1 N–H and O–H groups in total. The highest BCUT2D eigenvalue weighted by atomic mass is 32.1. The monoisotopic (exact) mass is 343 g/mol. The van der Waals surface area contributed by atoms with E-state index in [9.17, 15) is 20.2 Å². The molecule has 1 heterocycles. The Labute approximate surface area is 141 Å². The van der Waals surface area contributed by atoms with Gasteiger partial charge in [-0.1, -0.05) is 0 Å². The highest BCUT2D eigenvalue weighted by Crippen LogP contribution is 2.29. The number of methoxy groups -OCH3 is 1. The highest BCUT2D eigenvalue weighted by molar-refractivity contribution is 7.11. The summed E-state index contributed by atoms with van der Waals surface area (Å²) in [6, 6.07) is 7.56. The van der Waals surface area contributed by atoms with Crippen LogP contribution in [0.4, 0.5) is 11.4 Å². The molecule has 7 nitrogen and oxygen atoms in total. The minimum absolute atomic E-state index is 0.0686. The Bertz CT molecular complexity index is 864. The van der Waals surface area contributed by atoms with E-state index in [1.807, 2.05) is 24.4 Å². The Morgan fingerprint density at radius 2 is 2.21 bits per heavy atom. The molecule has 0 atom stereocenters. The van der Waals surface area contributed by atoms with E-state index in [1.54, 1.807) is 0 Å². The maximum atomic E-state index is 12.3. The molecule has 0 aliphatic rings. The van der Waals surface area contributed by atoms with Gasteiger partial charge in [0.15, 0.2) is 0 Å². The van der Waals surface area contributed by atoms with Crippen LogP contribution in [-0.2, 0) is 4.79 Å². The number of ether oxygens (including phenoxy) is 1. The molecule has 24 heavy (non-hydrogen) atoms. The molecule has 0 saturated carbocycles. The first-order chi connectivity index (χ1) is 11.5. The average molecular weight is 343 g/mol. The minimum atomic E-state index is -0.613. The van der Waals surface area contributed by atoms with Gasteiger partial charge >= 0.3 is 0 Å². The number of nitrogens with zero attached hydrogens (tertiary/aromatic N) is 2. The number of thiophene rings is 1. The van der Waals surface area contributed by atoms with Crippen molar-refractivity contribution in [1.29, 1.82) is 5.26 Å². The summed E-state index contributed by atoms with van der Waals surface area (Å²) in [5.41, 5.74) is 0.988. The van der Waals surface area contributed by atoms with Crippen molar-refractivity contribution < 1.29 is 14.5 Å². The molecule has 0 bridgehead atoms. The van der Waals surface area contributed by atoms with E-state index in [2.05, 4.69) is 5.32 Å². The van der Waals surface area contributed by atoms with Gasteiger partial charge in [0.1, 0.15) is 17.4 Å². The second-order valence-electron chi connectivity index (χ2n) is 4.73. The SMILES string of the molecule is COc1cc([N+](=O)[O-])ccc1NC(=O)C(C#N)=Cc1sccc1C. The van der Waals surface area contributed by atoms with Crippen LogP contribution in [0, 0.1) is 28.4 Å². The maximum absolute atomic E-state index is 12.3. The van der Waals surface area contributed by atoms with Crippen LogP contribution in [0.25, 0.3) is 6.08 Å². The summed E-state index contributed by atoms with van der Waals surface area (Å²) >= 11 is 1.42. The third-order valence-electron chi connectivity index (χ3n) is 3.19. The lowest BCUT2D eigenvalue weighted by atomic mass is 10.2. The molecular formula is C16H13N3O4S. The fourth-order valence-electron chi connectivity index (χ4n) is 1.90. The lowest BCUT2D eigenvalue weighted by molar-refractivity contribution is -0.384. The standard InChI is InChI=1S/C16H13N3O4S/c1-10-5-6-24-15(10)7-11(9-17)16(20)18-13-4-3-12(19(21)22)8-14(13)23-2/h3-8H,1-2H3,(H,18,20). The Hall–Kier alpha value is -3.18. The Morgan fingerprint density at radius 3 is 2.75 bits per heavy atom. The van der Waals surface area contributed by atoms with E-state index in [4.69, 9.17) is 4.74 Å². The number of nitrogens with one attached hydrogen (secondary N) is 1. The summed E-state index contributed by atoms with van der Waals surface area (Å²) < 4.78 is 5.06. The molecule has 1 aromatic carbocycles. The third-order valence-corrected chi connectivity index (χ3v) is 4.15. The van der Waals surface area contributed by atoms with E-state index >= 15 is 0 Å². The Kier molecular flexibility index (Phi) is 5.29. The molecule has 0 aliphatic carbocycles. The molecular weight excluding hydrogens is 330 g/mol. The van der Waals surface area contributed by atoms with Crippen LogP contribution in [0.1, 0.15) is 10.4 Å². The molecule has 122 valence electrons. The second kappa shape index (κ2) is 7.39. The van der Waals surface area contributed by atoms with Gasteiger partial charge in [-0.05, 0) is 36.1 Å². The van der Waals surface area contributed by atoms with E-state index in [1.165, 1.54) is 42.7 Å². The average Bonchev–Trinajstić information content (AvgIpc) is 2.97. The largest absolute Gasteiger partial charge is 0.494 e. The molecule has 0 fully saturated rings. The second-order valence-corrected chi connectivity index (χ2v) is 5.68. The molecule has 2 aromatic rings. The van der Waals surface area contributed by atoms with Crippen molar-refractivity contribution in [3.05, 3.63) is 55.8 Å². The molecule has 0 aliphatic heterocycles. The molecule has 8 heteroatoms. The number of non-ortho nitro benzene ring substituents is 1. The van der Waals surface area contributed by atoms with E-state index in [0.717, 1.165) is 10.4 Å². The van der Waals surface area contributed by atoms with Crippen molar-refractivity contribution >= 4 is 34.7 Å². The Balaban J connectivity index is 2.28. The van der Waals surface area contributed by atoms with Crippen molar-refractivity contribution in [1.82, 2.24) is 0 Å². The van der Waals surface area contributed by atoms with Gasteiger partial charge in [-0.25, -0.2) is 0 Å². The fraction of sp³-hybridized carbons (Fsp3) is 0.125. The summed E-state index contributed by atoms with van der Waals surface area (Å²) in [5.74, 6) is -0.473. The third kappa shape index (κ3) is 3.77. The van der Waals surface area contributed by atoms with Gasteiger partial charge < -0.3 is 10.1 Å². The zero-order chi connectivity index (χ0) is 17.7. The first-order valence-electron chi connectivity index (χ1n) is 6.76.